The molecule has 0 aliphatic heterocycles. The lowest BCUT2D eigenvalue weighted by molar-refractivity contribution is -0.116. The van der Waals surface area contributed by atoms with Gasteiger partial charge in [-0.05, 0) is 12.1 Å². The zero-order valence-corrected chi connectivity index (χ0v) is 10.6. The predicted molar refractivity (Wildman–Crippen MR) is 70.0 cm³/mol. The van der Waals surface area contributed by atoms with Crippen molar-refractivity contribution in [3.63, 3.8) is 0 Å². The normalized spacial score (nSPS) is 12.9. The predicted octanol–water partition coefficient (Wildman–Crippen LogP) is 2.18. The van der Waals surface area contributed by atoms with Crippen molar-refractivity contribution < 1.29 is 9.00 Å². The molecule has 1 aromatic rings. The summed E-state index contributed by atoms with van der Waals surface area (Å²) in [6.45, 7) is 3.78. The van der Waals surface area contributed by atoms with Gasteiger partial charge in [0.15, 0.2) is 0 Å². The number of rotatable bonds is 5. The van der Waals surface area contributed by atoms with Crippen LogP contribution in [-0.2, 0) is 15.6 Å². The fourth-order valence-electron chi connectivity index (χ4n) is 1.10. The molecular formula is C12H12ClNO2S. The highest BCUT2D eigenvalue weighted by atomic mass is 35.5. The second-order valence-electron chi connectivity index (χ2n) is 3.05. The summed E-state index contributed by atoms with van der Waals surface area (Å²) in [6, 6.07) is 8.67. The highest BCUT2D eigenvalue weighted by Crippen LogP contribution is 2.15. The van der Waals surface area contributed by atoms with Crippen molar-refractivity contribution in [2.45, 2.75) is 4.90 Å². The van der Waals surface area contributed by atoms with Crippen LogP contribution >= 0.6 is 11.6 Å². The van der Waals surface area contributed by atoms with E-state index < -0.39 is 16.7 Å². The molecule has 0 aliphatic rings. The molecule has 3 nitrogen and oxygen atoms in total. The van der Waals surface area contributed by atoms with Crippen LogP contribution in [0.15, 0.2) is 58.3 Å². The standard InChI is InChI=1S/C12H12ClNO2S/c1-2-8-14-12(15)11(9-13)17(16)10-6-4-3-5-7-10/h2-7,9H,1,8H2,(H,14,15)/b11-9-. The lowest BCUT2D eigenvalue weighted by atomic mass is 10.4. The average Bonchev–Trinajstić information content (AvgIpc) is 2.38. The van der Waals surface area contributed by atoms with Gasteiger partial charge in [-0.1, -0.05) is 35.9 Å². The fraction of sp³-hybridized carbons (Fsp3) is 0.0833. The van der Waals surface area contributed by atoms with Gasteiger partial charge in [-0.2, -0.15) is 0 Å². The minimum atomic E-state index is -1.57. The van der Waals surface area contributed by atoms with Gasteiger partial charge < -0.3 is 5.32 Å². The molecule has 0 saturated carbocycles. The van der Waals surface area contributed by atoms with Crippen molar-refractivity contribution in [2.75, 3.05) is 6.54 Å². The van der Waals surface area contributed by atoms with E-state index in [9.17, 15) is 9.00 Å². The van der Waals surface area contributed by atoms with E-state index in [4.69, 9.17) is 11.6 Å². The highest BCUT2D eigenvalue weighted by molar-refractivity contribution is 7.90. The first-order valence-corrected chi connectivity index (χ1v) is 6.45. The van der Waals surface area contributed by atoms with Crippen LogP contribution in [0.5, 0.6) is 0 Å². The molecule has 0 radical (unpaired) electrons. The molecule has 1 rings (SSSR count). The number of hydrogen-bond donors (Lipinski definition) is 1. The third kappa shape index (κ3) is 3.84. The van der Waals surface area contributed by atoms with E-state index in [-0.39, 0.29) is 4.91 Å². The van der Waals surface area contributed by atoms with Crippen molar-refractivity contribution in [3.05, 3.63) is 53.4 Å². The molecule has 0 bridgehead atoms. The maximum absolute atomic E-state index is 12.1. The van der Waals surface area contributed by atoms with Crippen LogP contribution in [0.4, 0.5) is 0 Å². The number of halogens is 1. The van der Waals surface area contributed by atoms with Crippen LogP contribution in [0.1, 0.15) is 0 Å². The Kier molecular flexibility index (Phi) is 5.66. The van der Waals surface area contributed by atoms with E-state index in [1.165, 1.54) is 6.08 Å². The third-order valence-electron chi connectivity index (χ3n) is 1.89. The van der Waals surface area contributed by atoms with Gasteiger partial charge in [-0.3, -0.25) is 4.79 Å². The zero-order chi connectivity index (χ0) is 12.7. The van der Waals surface area contributed by atoms with Crippen LogP contribution in [0.25, 0.3) is 0 Å². The van der Waals surface area contributed by atoms with Crippen LogP contribution in [0, 0.1) is 0 Å². The summed E-state index contributed by atoms with van der Waals surface area (Å²) in [6.07, 6.45) is 1.54. The monoisotopic (exact) mass is 269 g/mol. The number of nitrogens with one attached hydrogen (secondary N) is 1. The summed E-state index contributed by atoms with van der Waals surface area (Å²) in [4.78, 5) is 12.2. The molecule has 0 aliphatic carbocycles. The average molecular weight is 270 g/mol. The van der Waals surface area contributed by atoms with E-state index >= 15 is 0 Å². The first-order valence-electron chi connectivity index (χ1n) is 4.87. The van der Waals surface area contributed by atoms with Gasteiger partial charge in [0, 0.05) is 17.0 Å². The Bertz CT molecular complexity index is 457. The smallest absolute Gasteiger partial charge is 0.261 e. The minimum absolute atomic E-state index is 0.0275. The second kappa shape index (κ2) is 7.04. The van der Waals surface area contributed by atoms with Gasteiger partial charge >= 0.3 is 0 Å². The Morgan fingerprint density at radius 3 is 2.59 bits per heavy atom. The van der Waals surface area contributed by atoms with E-state index in [0.717, 1.165) is 5.54 Å². The molecule has 5 heteroatoms. The van der Waals surface area contributed by atoms with E-state index in [2.05, 4.69) is 11.9 Å². The van der Waals surface area contributed by atoms with Gasteiger partial charge in [0.25, 0.3) is 5.91 Å². The number of carbonyl (C=O) groups is 1. The zero-order valence-electron chi connectivity index (χ0n) is 9.06. The number of carbonyl (C=O) groups excluding carboxylic acids is 1. The molecule has 0 heterocycles. The molecule has 0 saturated heterocycles. The maximum atomic E-state index is 12.1. The fourth-order valence-corrected chi connectivity index (χ4v) is 2.42. The molecule has 1 atom stereocenters. The lowest BCUT2D eigenvalue weighted by Gasteiger charge is -2.06. The van der Waals surface area contributed by atoms with Crippen molar-refractivity contribution in [1.82, 2.24) is 5.32 Å². The summed E-state index contributed by atoms with van der Waals surface area (Å²) in [5, 5.41) is 2.53. The highest BCUT2D eigenvalue weighted by Gasteiger charge is 2.17. The van der Waals surface area contributed by atoms with Gasteiger partial charge in [-0.25, -0.2) is 4.21 Å². The molecule has 1 amide bonds. The topological polar surface area (TPSA) is 46.2 Å². The molecule has 0 aromatic heterocycles. The third-order valence-corrected chi connectivity index (χ3v) is 3.64. The second-order valence-corrected chi connectivity index (χ2v) is 4.72. The van der Waals surface area contributed by atoms with Crippen LogP contribution in [-0.4, -0.2) is 16.7 Å². The van der Waals surface area contributed by atoms with Gasteiger partial charge in [-0.15, -0.1) is 6.58 Å². The summed E-state index contributed by atoms with van der Waals surface area (Å²) >= 11 is 5.54. The Hall–Kier alpha value is -1.39. The Balaban J connectivity index is 2.86. The Morgan fingerprint density at radius 2 is 2.06 bits per heavy atom. The molecular weight excluding hydrogens is 258 g/mol. The van der Waals surface area contributed by atoms with Crippen LogP contribution < -0.4 is 5.32 Å². The molecule has 17 heavy (non-hydrogen) atoms. The summed E-state index contributed by atoms with van der Waals surface area (Å²) in [5.41, 5.74) is 1.04. The van der Waals surface area contributed by atoms with Crippen LogP contribution in [0.3, 0.4) is 0 Å². The quantitative estimate of drug-likeness (QED) is 0.658. The molecule has 1 unspecified atom stereocenters. The van der Waals surface area contributed by atoms with Crippen molar-refractivity contribution in [1.29, 1.82) is 0 Å². The molecule has 0 spiro atoms. The SMILES string of the molecule is C=CCNC(=O)/C(=C/Cl)S(=O)c1ccccc1. The number of amides is 1. The molecule has 90 valence electrons. The summed E-state index contributed by atoms with van der Waals surface area (Å²) < 4.78 is 12.1. The van der Waals surface area contributed by atoms with Crippen molar-refractivity contribution >= 4 is 28.3 Å². The van der Waals surface area contributed by atoms with Crippen LogP contribution in [0.2, 0.25) is 0 Å². The lowest BCUT2D eigenvalue weighted by Crippen LogP contribution is -2.26. The Morgan fingerprint density at radius 1 is 1.41 bits per heavy atom. The number of hydrogen-bond acceptors (Lipinski definition) is 2. The molecule has 1 N–H and O–H groups in total. The van der Waals surface area contributed by atoms with E-state index in [0.29, 0.717) is 11.4 Å². The molecule has 1 aromatic carbocycles. The van der Waals surface area contributed by atoms with Gasteiger partial charge in [0.05, 0.1) is 10.8 Å². The van der Waals surface area contributed by atoms with Gasteiger partial charge in [0.1, 0.15) is 4.91 Å². The van der Waals surface area contributed by atoms with E-state index in [1.807, 2.05) is 6.07 Å². The first-order chi connectivity index (χ1) is 8.20. The van der Waals surface area contributed by atoms with Crippen molar-refractivity contribution in [3.8, 4) is 0 Å². The minimum Gasteiger partial charge on any atom is -0.348 e. The Labute approximate surface area is 108 Å². The van der Waals surface area contributed by atoms with E-state index in [1.54, 1.807) is 24.3 Å². The van der Waals surface area contributed by atoms with Gasteiger partial charge in [0.2, 0.25) is 0 Å². The number of benzene rings is 1. The van der Waals surface area contributed by atoms with Crippen molar-refractivity contribution in [2.24, 2.45) is 0 Å². The maximum Gasteiger partial charge on any atom is 0.261 e. The summed E-state index contributed by atoms with van der Waals surface area (Å²) in [7, 11) is -1.57. The molecule has 0 fully saturated rings. The largest absolute Gasteiger partial charge is 0.348 e. The first kappa shape index (κ1) is 13.7. The summed E-state index contributed by atoms with van der Waals surface area (Å²) in [5.74, 6) is -0.456.